The van der Waals surface area contributed by atoms with E-state index in [1.165, 1.54) is 5.56 Å². The number of anilines is 2. The number of benzene rings is 1. The summed E-state index contributed by atoms with van der Waals surface area (Å²) in [4.78, 5) is 6.28. The van der Waals surface area contributed by atoms with Crippen molar-refractivity contribution in [1.29, 1.82) is 0 Å². The minimum absolute atomic E-state index is 0.680. The number of nitrogens with zero attached hydrogens (tertiary/aromatic N) is 2. The maximum Gasteiger partial charge on any atom is 0.0822 e. The third-order valence-electron chi connectivity index (χ3n) is 2.91. The van der Waals surface area contributed by atoms with Gasteiger partial charge in [0.2, 0.25) is 0 Å². The number of pyridine rings is 1. The van der Waals surface area contributed by atoms with Crippen molar-refractivity contribution in [2.45, 2.75) is 19.9 Å². The third kappa shape index (κ3) is 3.61. The van der Waals surface area contributed by atoms with E-state index in [0.717, 1.165) is 30.9 Å². The number of hydrogen-bond acceptors (Lipinski definition) is 3. The number of nitrogens with two attached hydrogens (primary N) is 1. The highest BCUT2D eigenvalue weighted by Crippen LogP contribution is 2.26. The molecule has 100 valence electrons. The maximum absolute atomic E-state index is 6.22. The van der Waals surface area contributed by atoms with Gasteiger partial charge in [-0.15, -0.1) is 0 Å². The van der Waals surface area contributed by atoms with Crippen LogP contribution >= 0.6 is 11.6 Å². The van der Waals surface area contributed by atoms with Gasteiger partial charge in [-0.2, -0.15) is 0 Å². The van der Waals surface area contributed by atoms with Gasteiger partial charge >= 0.3 is 0 Å². The first-order valence-corrected chi connectivity index (χ1v) is 6.77. The van der Waals surface area contributed by atoms with Crippen LogP contribution in [0.25, 0.3) is 0 Å². The molecule has 0 saturated heterocycles. The minimum atomic E-state index is 0.680. The molecule has 2 aromatic rings. The van der Waals surface area contributed by atoms with Crippen molar-refractivity contribution in [3.05, 3.63) is 53.3 Å². The number of rotatable bonds is 5. The lowest BCUT2D eigenvalue weighted by molar-refractivity contribution is 0.767. The molecule has 0 atom stereocenters. The molecule has 2 N–H and O–H groups in total. The van der Waals surface area contributed by atoms with Gasteiger partial charge in [-0.1, -0.05) is 30.7 Å². The van der Waals surface area contributed by atoms with Crippen LogP contribution in [-0.2, 0) is 6.54 Å². The van der Waals surface area contributed by atoms with Crippen LogP contribution in [0.15, 0.2) is 42.7 Å². The summed E-state index contributed by atoms with van der Waals surface area (Å²) in [5, 5.41) is 0.680. The minimum Gasteiger partial charge on any atom is -0.399 e. The van der Waals surface area contributed by atoms with Crippen LogP contribution in [0, 0.1) is 0 Å². The summed E-state index contributed by atoms with van der Waals surface area (Å²) in [5.41, 5.74) is 8.81. The summed E-state index contributed by atoms with van der Waals surface area (Å²) in [6.07, 6.45) is 4.50. The van der Waals surface area contributed by atoms with Gasteiger partial charge in [0.15, 0.2) is 0 Å². The van der Waals surface area contributed by atoms with Crippen LogP contribution in [0.3, 0.4) is 0 Å². The van der Waals surface area contributed by atoms with E-state index in [1.807, 2.05) is 24.3 Å². The van der Waals surface area contributed by atoms with E-state index < -0.39 is 0 Å². The SMILES string of the molecule is CCCN(Cc1cccc(N)c1)c1ccncc1Cl. The lowest BCUT2D eigenvalue weighted by atomic mass is 10.1. The highest BCUT2D eigenvalue weighted by molar-refractivity contribution is 6.33. The van der Waals surface area contributed by atoms with Crippen molar-refractivity contribution in [3.63, 3.8) is 0 Å². The molecular formula is C15H18ClN3. The molecule has 0 bridgehead atoms. The first kappa shape index (κ1) is 13.7. The molecule has 2 rings (SSSR count). The average molecular weight is 276 g/mol. The summed E-state index contributed by atoms with van der Waals surface area (Å²) in [6, 6.07) is 9.90. The zero-order chi connectivity index (χ0) is 13.7. The smallest absolute Gasteiger partial charge is 0.0822 e. The van der Waals surface area contributed by atoms with Crippen LogP contribution in [0.4, 0.5) is 11.4 Å². The van der Waals surface area contributed by atoms with Gasteiger partial charge in [0.25, 0.3) is 0 Å². The first-order chi connectivity index (χ1) is 9.20. The Kier molecular flexibility index (Phi) is 4.63. The highest BCUT2D eigenvalue weighted by Gasteiger charge is 2.10. The Labute approximate surface area is 119 Å². The quantitative estimate of drug-likeness (QED) is 0.846. The molecule has 0 aliphatic heterocycles. The second kappa shape index (κ2) is 6.43. The number of hydrogen-bond donors (Lipinski definition) is 1. The monoisotopic (exact) mass is 275 g/mol. The van der Waals surface area contributed by atoms with Crippen LogP contribution in [0.2, 0.25) is 5.02 Å². The molecule has 1 aromatic carbocycles. The first-order valence-electron chi connectivity index (χ1n) is 6.39. The molecule has 0 radical (unpaired) electrons. The fourth-order valence-electron chi connectivity index (χ4n) is 2.09. The Bertz CT molecular complexity index is 542. The fraction of sp³-hybridized carbons (Fsp3) is 0.267. The third-order valence-corrected chi connectivity index (χ3v) is 3.20. The van der Waals surface area contributed by atoms with E-state index in [2.05, 4.69) is 22.9 Å². The standard InChI is InChI=1S/C15H18ClN3/c1-2-8-19(15-6-7-18-10-14(15)16)11-12-4-3-5-13(17)9-12/h3-7,9-10H,2,8,11,17H2,1H3. The van der Waals surface area contributed by atoms with Gasteiger partial charge in [0, 0.05) is 31.2 Å². The molecule has 0 spiro atoms. The number of nitrogen functional groups attached to an aromatic ring is 1. The van der Waals surface area contributed by atoms with E-state index in [9.17, 15) is 0 Å². The normalized spacial score (nSPS) is 10.4. The zero-order valence-corrected chi connectivity index (χ0v) is 11.8. The molecule has 0 unspecified atom stereocenters. The summed E-state index contributed by atoms with van der Waals surface area (Å²) in [7, 11) is 0. The molecular weight excluding hydrogens is 258 g/mol. The lowest BCUT2D eigenvalue weighted by Crippen LogP contribution is -2.23. The van der Waals surface area contributed by atoms with Crippen LogP contribution in [0.5, 0.6) is 0 Å². The Morgan fingerprint density at radius 2 is 2.16 bits per heavy atom. The van der Waals surface area contributed by atoms with Crippen LogP contribution in [0.1, 0.15) is 18.9 Å². The zero-order valence-electron chi connectivity index (χ0n) is 11.0. The van der Waals surface area contributed by atoms with Gasteiger partial charge in [-0.3, -0.25) is 4.98 Å². The molecule has 0 fully saturated rings. The predicted molar refractivity (Wildman–Crippen MR) is 81.4 cm³/mol. The molecule has 4 heteroatoms. The predicted octanol–water partition coefficient (Wildman–Crippen LogP) is 3.73. The largest absolute Gasteiger partial charge is 0.399 e. The van der Waals surface area contributed by atoms with E-state index in [1.54, 1.807) is 12.4 Å². The van der Waals surface area contributed by atoms with Crippen molar-refractivity contribution in [2.24, 2.45) is 0 Å². The molecule has 0 aliphatic carbocycles. The van der Waals surface area contributed by atoms with Gasteiger partial charge < -0.3 is 10.6 Å². The van der Waals surface area contributed by atoms with Gasteiger partial charge in [0.1, 0.15) is 0 Å². The molecule has 1 heterocycles. The van der Waals surface area contributed by atoms with Gasteiger partial charge in [-0.25, -0.2) is 0 Å². The van der Waals surface area contributed by atoms with Crippen molar-refractivity contribution >= 4 is 23.0 Å². The Balaban J connectivity index is 2.24. The summed E-state index contributed by atoms with van der Waals surface area (Å²) < 4.78 is 0. The fourth-order valence-corrected chi connectivity index (χ4v) is 2.33. The van der Waals surface area contributed by atoms with Crippen molar-refractivity contribution in [2.75, 3.05) is 17.2 Å². The van der Waals surface area contributed by atoms with E-state index in [4.69, 9.17) is 17.3 Å². The topological polar surface area (TPSA) is 42.1 Å². The van der Waals surface area contributed by atoms with E-state index >= 15 is 0 Å². The van der Waals surface area contributed by atoms with Crippen molar-refractivity contribution in [1.82, 2.24) is 4.98 Å². The van der Waals surface area contributed by atoms with Crippen molar-refractivity contribution in [3.8, 4) is 0 Å². The van der Waals surface area contributed by atoms with E-state index in [-0.39, 0.29) is 0 Å². The number of halogens is 1. The molecule has 1 aromatic heterocycles. The van der Waals surface area contributed by atoms with Crippen LogP contribution in [-0.4, -0.2) is 11.5 Å². The maximum atomic E-state index is 6.22. The highest BCUT2D eigenvalue weighted by atomic mass is 35.5. The Morgan fingerprint density at radius 1 is 1.32 bits per heavy atom. The Morgan fingerprint density at radius 3 is 2.84 bits per heavy atom. The molecule has 3 nitrogen and oxygen atoms in total. The lowest BCUT2D eigenvalue weighted by Gasteiger charge is -2.25. The second-order valence-corrected chi connectivity index (χ2v) is 4.90. The van der Waals surface area contributed by atoms with Crippen LogP contribution < -0.4 is 10.6 Å². The molecule has 0 saturated carbocycles. The molecule has 0 aliphatic rings. The summed E-state index contributed by atoms with van der Waals surface area (Å²) >= 11 is 6.22. The Hall–Kier alpha value is -1.74. The van der Waals surface area contributed by atoms with E-state index in [0.29, 0.717) is 5.02 Å². The average Bonchev–Trinajstić information content (AvgIpc) is 2.39. The van der Waals surface area contributed by atoms with Gasteiger partial charge in [-0.05, 0) is 30.2 Å². The summed E-state index contributed by atoms with van der Waals surface area (Å²) in [5.74, 6) is 0. The molecule has 19 heavy (non-hydrogen) atoms. The van der Waals surface area contributed by atoms with Gasteiger partial charge in [0.05, 0.1) is 10.7 Å². The van der Waals surface area contributed by atoms with Crippen molar-refractivity contribution < 1.29 is 0 Å². The summed E-state index contributed by atoms with van der Waals surface area (Å²) in [6.45, 7) is 3.89. The second-order valence-electron chi connectivity index (χ2n) is 4.49. The molecule has 0 amide bonds. The number of aromatic nitrogens is 1.